The molecule has 26 heavy (non-hydrogen) atoms. The molecule has 0 spiro atoms. The number of aryl methyl sites for hydroxylation is 1. The third-order valence-corrected chi connectivity index (χ3v) is 4.55. The molecule has 1 saturated heterocycles. The maximum Gasteiger partial charge on any atom is 0.272 e. The average Bonchev–Trinajstić information content (AvgIpc) is 3.03. The first-order valence-corrected chi connectivity index (χ1v) is 8.37. The van der Waals surface area contributed by atoms with Crippen molar-refractivity contribution < 1.29 is 9.90 Å². The van der Waals surface area contributed by atoms with Crippen molar-refractivity contribution in [2.75, 3.05) is 23.3 Å². The van der Waals surface area contributed by atoms with Crippen LogP contribution in [0, 0.1) is 22.7 Å². The van der Waals surface area contributed by atoms with Crippen LogP contribution in [0.3, 0.4) is 0 Å². The van der Waals surface area contributed by atoms with E-state index >= 15 is 0 Å². The van der Waals surface area contributed by atoms with Crippen LogP contribution in [-0.2, 0) is 7.05 Å². The summed E-state index contributed by atoms with van der Waals surface area (Å²) in [6.45, 7) is 1.39. The van der Waals surface area contributed by atoms with Crippen LogP contribution >= 0.6 is 0 Å². The van der Waals surface area contributed by atoms with Crippen LogP contribution in [0.2, 0.25) is 0 Å². The minimum Gasteiger partial charge on any atom is -0.393 e. The van der Waals surface area contributed by atoms with E-state index in [4.69, 9.17) is 5.26 Å². The summed E-state index contributed by atoms with van der Waals surface area (Å²) >= 11 is 0. The van der Waals surface area contributed by atoms with Gasteiger partial charge in [-0.2, -0.15) is 10.5 Å². The fourth-order valence-corrected chi connectivity index (χ4v) is 3.13. The van der Waals surface area contributed by atoms with Crippen molar-refractivity contribution in [3.8, 4) is 12.1 Å². The molecule has 0 aliphatic carbocycles. The maximum atomic E-state index is 12.4. The van der Waals surface area contributed by atoms with E-state index in [1.54, 1.807) is 29.9 Å². The predicted molar refractivity (Wildman–Crippen MR) is 96.7 cm³/mol. The summed E-state index contributed by atoms with van der Waals surface area (Å²) in [7, 11) is 1.70. The average molecular weight is 349 g/mol. The first-order chi connectivity index (χ1) is 12.5. The molecule has 1 aromatic heterocycles. The Morgan fingerprint density at radius 2 is 1.96 bits per heavy atom. The third kappa shape index (κ3) is 3.53. The number of amides is 1. The number of hydrogen-bond donors (Lipinski definition) is 2. The maximum absolute atomic E-state index is 12.4. The second-order valence-corrected chi connectivity index (χ2v) is 6.35. The van der Waals surface area contributed by atoms with Gasteiger partial charge in [0.25, 0.3) is 5.91 Å². The molecule has 1 aromatic carbocycles. The van der Waals surface area contributed by atoms with Gasteiger partial charge < -0.3 is 19.9 Å². The van der Waals surface area contributed by atoms with Gasteiger partial charge >= 0.3 is 0 Å². The molecule has 0 atom stereocenters. The van der Waals surface area contributed by atoms with Crippen LogP contribution in [0.4, 0.5) is 11.4 Å². The summed E-state index contributed by atoms with van der Waals surface area (Å²) in [5, 5.41) is 30.8. The Labute approximate surface area is 151 Å². The minimum absolute atomic E-state index is 0.279. The number of aromatic nitrogens is 1. The van der Waals surface area contributed by atoms with Gasteiger partial charge in [0.1, 0.15) is 17.8 Å². The van der Waals surface area contributed by atoms with Crippen molar-refractivity contribution in [3.05, 3.63) is 47.3 Å². The molecule has 0 saturated carbocycles. The summed E-state index contributed by atoms with van der Waals surface area (Å²) in [5.74, 6) is -0.341. The lowest BCUT2D eigenvalue weighted by Gasteiger charge is -2.32. The van der Waals surface area contributed by atoms with Crippen LogP contribution < -0.4 is 10.2 Å². The molecular formula is C19H19N5O2. The van der Waals surface area contributed by atoms with E-state index in [1.165, 1.54) is 6.07 Å². The van der Waals surface area contributed by atoms with Crippen molar-refractivity contribution in [1.82, 2.24) is 4.57 Å². The van der Waals surface area contributed by atoms with Crippen LogP contribution in [0.1, 0.15) is 34.5 Å². The quantitative estimate of drug-likeness (QED) is 0.881. The third-order valence-electron chi connectivity index (χ3n) is 4.55. The molecule has 2 aromatic rings. The first-order valence-electron chi connectivity index (χ1n) is 8.37. The SMILES string of the molecule is Cn1cc(C#N)cc1C(=O)Nc1ccc(N2CCC(O)CC2)c(C#N)c1. The second kappa shape index (κ2) is 7.30. The van der Waals surface area contributed by atoms with Gasteiger partial charge in [0.15, 0.2) is 0 Å². The zero-order chi connectivity index (χ0) is 18.7. The van der Waals surface area contributed by atoms with Crippen molar-refractivity contribution in [3.63, 3.8) is 0 Å². The molecular weight excluding hydrogens is 330 g/mol. The summed E-state index contributed by atoms with van der Waals surface area (Å²) < 4.78 is 1.59. The topological polar surface area (TPSA) is 105 Å². The molecule has 7 heteroatoms. The minimum atomic E-state index is -0.341. The molecule has 3 rings (SSSR count). The molecule has 2 N–H and O–H groups in total. The number of hydrogen-bond acceptors (Lipinski definition) is 5. The highest BCUT2D eigenvalue weighted by atomic mass is 16.3. The van der Waals surface area contributed by atoms with Gasteiger partial charge in [-0.15, -0.1) is 0 Å². The predicted octanol–water partition coefficient (Wildman–Crippen LogP) is 1.98. The number of carbonyl (C=O) groups is 1. The molecule has 132 valence electrons. The summed E-state index contributed by atoms with van der Waals surface area (Å²) in [6.07, 6.45) is 2.67. The van der Waals surface area contributed by atoms with Gasteiger partial charge in [-0.05, 0) is 37.1 Å². The number of nitriles is 2. The molecule has 0 unspecified atom stereocenters. The molecule has 2 heterocycles. The van der Waals surface area contributed by atoms with E-state index in [0.717, 1.165) is 5.69 Å². The standard InChI is InChI=1S/C19H19N5O2/c1-23-12-13(10-20)8-18(23)19(26)22-15-2-3-17(14(9-15)11-21)24-6-4-16(25)5-7-24/h2-3,8-9,12,16,25H,4-7H2,1H3,(H,22,26). The van der Waals surface area contributed by atoms with Crippen molar-refractivity contribution >= 4 is 17.3 Å². The van der Waals surface area contributed by atoms with E-state index in [2.05, 4.69) is 16.3 Å². The van der Waals surface area contributed by atoms with Gasteiger partial charge in [0.2, 0.25) is 0 Å². The van der Waals surface area contributed by atoms with Gasteiger partial charge in [-0.25, -0.2) is 0 Å². The largest absolute Gasteiger partial charge is 0.393 e. The lowest BCUT2D eigenvalue weighted by atomic mass is 10.0. The Hall–Kier alpha value is -3.29. The number of aliphatic hydroxyl groups is 1. The Morgan fingerprint density at radius 3 is 2.58 bits per heavy atom. The highest BCUT2D eigenvalue weighted by Crippen LogP contribution is 2.27. The Kier molecular flexibility index (Phi) is 4.92. The number of carbonyl (C=O) groups excluding carboxylic acids is 1. The summed E-state index contributed by atoms with van der Waals surface area (Å²) in [5.41, 5.74) is 2.59. The summed E-state index contributed by atoms with van der Waals surface area (Å²) in [4.78, 5) is 14.5. The Morgan fingerprint density at radius 1 is 1.23 bits per heavy atom. The van der Waals surface area contributed by atoms with Crippen LogP contribution in [0.5, 0.6) is 0 Å². The molecule has 0 radical (unpaired) electrons. The van der Waals surface area contributed by atoms with Gasteiger partial charge in [-0.3, -0.25) is 4.79 Å². The molecule has 0 bridgehead atoms. The number of nitrogens with one attached hydrogen (secondary N) is 1. The molecule has 1 fully saturated rings. The van der Waals surface area contributed by atoms with Crippen LogP contribution in [-0.4, -0.2) is 34.8 Å². The molecule has 1 aliphatic rings. The molecule has 7 nitrogen and oxygen atoms in total. The van der Waals surface area contributed by atoms with E-state index < -0.39 is 0 Å². The highest BCUT2D eigenvalue weighted by molar-refractivity contribution is 6.03. The number of rotatable bonds is 3. The molecule has 1 amide bonds. The Balaban J connectivity index is 1.79. The van der Waals surface area contributed by atoms with E-state index in [-0.39, 0.29) is 12.0 Å². The van der Waals surface area contributed by atoms with E-state index in [1.807, 2.05) is 12.1 Å². The van der Waals surface area contributed by atoms with Gasteiger partial charge in [0, 0.05) is 32.0 Å². The second-order valence-electron chi connectivity index (χ2n) is 6.35. The lowest BCUT2D eigenvalue weighted by Crippen LogP contribution is -2.36. The highest BCUT2D eigenvalue weighted by Gasteiger charge is 2.20. The van der Waals surface area contributed by atoms with Crippen molar-refractivity contribution in [2.24, 2.45) is 7.05 Å². The van der Waals surface area contributed by atoms with Crippen LogP contribution in [0.15, 0.2) is 30.5 Å². The Bertz CT molecular complexity index is 911. The molecule has 1 aliphatic heterocycles. The van der Waals surface area contributed by atoms with Gasteiger partial charge in [-0.1, -0.05) is 0 Å². The lowest BCUT2D eigenvalue weighted by molar-refractivity contribution is 0.101. The van der Waals surface area contributed by atoms with Gasteiger partial charge in [0.05, 0.1) is 22.9 Å². The zero-order valence-electron chi connectivity index (χ0n) is 14.4. The van der Waals surface area contributed by atoms with Crippen LogP contribution in [0.25, 0.3) is 0 Å². The first kappa shape index (κ1) is 17.5. The fourth-order valence-electron chi connectivity index (χ4n) is 3.13. The summed E-state index contributed by atoms with van der Waals surface area (Å²) in [6, 6.07) is 10.9. The monoisotopic (exact) mass is 349 g/mol. The van der Waals surface area contributed by atoms with Crippen molar-refractivity contribution in [1.29, 1.82) is 10.5 Å². The normalized spacial score (nSPS) is 14.5. The van der Waals surface area contributed by atoms with Crippen molar-refractivity contribution in [2.45, 2.75) is 18.9 Å². The number of nitrogens with zero attached hydrogens (tertiary/aromatic N) is 4. The van der Waals surface area contributed by atoms with E-state index in [0.29, 0.717) is 48.4 Å². The number of aliphatic hydroxyl groups excluding tert-OH is 1. The smallest absolute Gasteiger partial charge is 0.272 e. The fraction of sp³-hybridized carbons (Fsp3) is 0.316. The van der Waals surface area contributed by atoms with E-state index in [9.17, 15) is 15.2 Å². The number of anilines is 2. The number of piperidine rings is 1. The number of benzene rings is 1. The zero-order valence-corrected chi connectivity index (χ0v) is 14.4.